The molecule has 0 aliphatic heterocycles. The summed E-state index contributed by atoms with van der Waals surface area (Å²) >= 11 is 0. The second kappa shape index (κ2) is 7.93. The number of aliphatic hydroxyl groups is 2. The largest absolute Gasteiger partial charge is 0.462 e. The molecule has 10 heteroatoms. The molecule has 0 aromatic heterocycles. The Labute approximate surface area is 124 Å². The monoisotopic (exact) mass is 310 g/mol. The van der Waals surface area contributed by atoms with Gasteiger partial charge in [-0.3, -0.25) is 10.1 Å². The normalized spacial score (nSPS) is 12.9. The molecule has 2 atom stereocenters. The number of hydrogen-bond acceptors (Lipinski definition) is 7. The van der Waals surface area contributed by atoms with Gasteiger partial charge in [-0.15, -0.1) is 0 Å². The van der Waals surface area contributed by atoms with E-state index in [0.29, 0.717) is 0 Å². The molecule has 0 fully saturated rings. The summed E-state index contributed by atoms with van der Waals surface area (Å²) in [7, 11) is 0. The van der Waals surface area contributed by atoms with Crippen LogP contribution in [0, 0.1) is 10.1 Å². The highest BCUT2D eigenvalue weighted by Gasteiger charge is 2.27. The van der Waals surface area contributed by atoms with Crippen LogP contribution in [0.25, 0.3) is 10.4 Å². The maximum Gasteiger partial charge on any atom is 0.338 e. The summed E-state index contributed by atoms with van der Waals surface area (Å²) in [4.78, 5) is 24.3. The Morgan fingerprint density at radius 2 is 2.23 bits per heavy atom. The lowest BCUT2D eigenvalue weighted by Crippen LogP contribution is -2.22. The molecule has 0 heterocycles. The minimum absolute atomic E-state index is 0.0472. The van der Waals surface area contributed by atoms with E-state index in [2.05, 4.69) is 10.0 Å². The lowest BCUT2D eigenvalue weighted by Gasteiger charge is -2.16. The van der Waals surface area contributed by atoms with E-state index in [0.717, 1.165) is 12.1 Å². The molecule has 1 aromatic rings. The van der Waals surface area contributed by atoms with Gasteiger partial charge in [0.25, 0.3) is 5.69 Å². The Balaban J connectivity index is 3.17. The first-order valence-electron chi connectivity index (χ1n) is 6.24. The number of esters is 1. The topological polar surface area (TPSA) is 159 Å². The molecule has 0 aliphatic rings. The standard InChI is InChI=1S/C12H14N4O6/c1-2-22-12(19)7-3-4-8(9(5-7)16(20)21)11(18)10(17)6-14-15-13/h3-5,10-11,17-18H,2,6H2,1H3. The molecule has 0 amide bonds. The van der Waals surface area contributed by atoms with Crippen LogP contribution in [-0.2, 0) is 4.74 Å². The lowest BCUT2D eigenvalue weighted by atomic mass is 10.0. The van der Waals surface area contributed by atoms with Crippen molar-refractivity contribution in [2.75, 3.05) is 13.2 Å². The predicted octanol–water partition coefficient (Wildman–Crippen LogP) is 1.48. The van der Waals surface area contributed by atoms with Crippen molar-refractivity contribution in [3.8, 4) is 0 Å². The van der Waals surface area contributed by atoms with Crippen LogP contribution in [0.15, 0.2) is 23.3 Å². The van der Waals surface area contributed by atoms with Crippen molar-refractivity contribution in [2.24, 2.45) is 5.11 Å². The Morgan fingerprint density at radius 1 is 1.55 bits per heavy atom. The first-order chi connectivity index (χ1) is 10.4. The van der Waals surface area contributed by atoms with Gasteiger partial charge >= 0.3 is 5.97 Å². The number of aliphatic hydroxyl groups excluding tert-OH is 2. The molecule has 0 bridgehead atoms. The fourth-order valence-electron chi connectivity index (χ4n) is 1.72. The van der Waals surface area contributed by atoms with Crippen LogP contribution in [-0.4, -0.2) is 40.4 Å². The van der Waals surface area contributed by atoms with Crippen molar-refractivity contribution < 1.29 is 24.7 Å². The van der Waals surface area contributed by atoms with E-state index in [4.69, 9.17) is 10.3 Å². The SMILES string of the molecule is CCOC(=O)c1ccc(C(O)C(O)CN=[N+]=[N-])c([N+](=O)[O-])c1. The molecule has 22 heavy (non-hydrogen) atoms. The van der Waals surface area contributed by atoms with Gasteiger partial charge in [0, 0.05) is 11.0 Å². The molecule has 0 radical (unpaired) electrons. The van der Waals surface area contributed by atoms with Crippen LogP contribution in [0.4, 0.5) is 5.69 Å². The smallest absolute Gasteiger partial charge is 0.338 e. The Hall–Kier alpha value is -2.68. The fraction of sp³-hybridized carbons (Fsp3) is 0.417. The number of benzene rings is 1. The number of nitrogens with zero attached hydrogens (tertiary/aromatic N) is 4. The zero-order valence-electron chi connectivity index (χ0n) is 11.6. The summed E-state index contributed by atoms with van der Waals surface area (Å²) in [5, 5.41) is 33.7. The molecule has 2 N–H and O–H groups in total. The number of rotatable bonds is 7. The van der Waals surface area contributed by atoms with E-state index in [9.17, 15) is 25.1 Å². The number of hydrogen-bond donors (Lipinski definition) is 2. The van der Waals surface area contributed by atoms with Crippen LogP contribution in [0.5, 0.6) is 0 Å². The number of carbonyl (C=O) groups is 1. The average molecular weight is 310 g/mol. The first-order valence-corrected chi connectivity index (χ1v) is 6.24. The van der Waals surface area contributed by atoms with Crippen molar-refractivity contribution in [1.82, 2.24) is 0 Å². The van der Waals surface area contributed by atoms with E-state index in [1.807, 2.05) is 0 Å². The van der Waals surface area contributed by atoms with Crippen molar-refractivity contribution in [3.05, 3.63) is 49.9 Å². The van der Waals surface area contributed by atoms with Gasteiger partial charge in [-0.05, 0) is 24.6 Å². The molecule has 1 aromatic carbocycles. The minimum Gasteiger partial charge on any atom is -0.462 e. The van der Waals surface area contributed by atoms with Gasteiger partial charge < -0.3 is 14.9 Å². The number of nitro groups is 1. The highest BCUT2D eigenvalue weighted by molar-refractivity contribution is 5.90. The van der Waals surface area contributed by atoms with Gasteiger partial charge in [0.15, 0.2) is 0 Å². The van der Waals surface area contributed by atoms with Crippen LogP contribution in [0.3, 0.4) is 0 Å². The molecule has 118 valence electrons. The summed E-state index contributed by atoms with van der Waals surface area (Å²) in [6, 6.07) is 3.34. The number of carbonyl (C=O) groups excluding carboxylic acids is 1. The van der Waals surface area contributed by atoms with E-state index >= 15 is 0 Å². The predicted molar refractivity (Wildman–Crippen MR) is 74.0 cm³/mol. The summed E-state index contributed by atoms with van der Waals surface area (Å²) in [6.07, 6.45) is -3.15. The van der Waals surface area contributed by atoms with Gasteiger partial charge in [0.05, 0.1) is 35.3 Å². The molecular formula is C12H14N4O6. The number of azide groups is 1. The van der Waals surface area contributed by atoms with Crippen LogP contribution in [0.1, 0.15) is 28.9 Å². The van der Waals surface area contributed by atoms with Crippen molar-refractivity contribution in [2.45, 2.75) is 19.1 Å². The first kappa shape index (κ1) is 17.4. The average Bonchev–Trinajstić information content (AvgIpc) is 2.51. The molecular weight excluding hydrogens is 296 g/mol. The molecule has 1 rings (SSSR count). The quantitative estimate of drug-likeness (QED) is 0.194. The maximum absolute atomic E-state index is 11.6. The third kappa shape index (κ3) is 4.16. The van der Waals surface area contributed by atoms with E-state index < -0.39 is 35.3 Å². The van der Waals surface area contributed by atoms with Gasteiger partial charge in [-0.2, -0.15) is 0 Å². The summed E-state index contributed by atoms with van der Waals surface area (Å²) < 4.78 is 4.73. The zero-order chi connectivity index (χ0) is 16.7. The zero-order valence-corrected chi connectivity index (χ0v) is 11.6. The summed E-state index contributed by atoms with van der Waals surface area (Å²) in [5.41, 5.74) is 7.38. The molecule has 0 spiro atoms. The van der Waals surface area contributed by atoms with Crippen molar-refractivity contribution in [3.63, 3.8) is 0 Å². The third-order valence-electron chi connectivity index (χ3n) is 2.75. The highest BCUT2D eigenvalue weighted by atomic mass is 16.6. The van der Waals surface area contributed by atoms with Gasteiger partial charge in [0.2, 0.25) is 0 Å². The third-order valence-corrected chi connectivity index (χ3v) is 2.75. The van der Waals surface area contributed by atoms with Gasteiger partial charge in [0.1, 0.15) is 6.10 Å². The second-order valence-corrected chi connectivity index (χ2v) is 4.18. The lowest BCUT2D eigenvalue weighted by molar-refractivity contribution is -0.386. The number of ether oxygens (including phenoxy) is 1. The van der Waals surface area contributed by atoms with Gasteiger partial charge in [-0.1, -0.05) is 5.11 Å². The molecule has 10 nitrogen and oxygen atoms in total. The van der Waals surface area contributed by atoms with Crippen molar-refractivity contribution in [1.29, 1.82) is 0 Å². The van der Waals surface area contributed by atoms with E-state index in [1.165, 1.54) is 6.07 Å². The van der Waals surface area contributed by atoms with Crippen LogP contribution in [0.2, 0.25) is 0 Å². The Bertz CT molecular complexity index is 614. The molecule has 0 saturated carbocycles. The molecule has 0 aliphatic carbocycles. The van der Waals surface area contributed by atoms with Crippen LogP contribution >= 0.6 is 0 Å². The molecule has 2 unspecified atom stereocenters. The number of nitro benzene ring substituents is 1. The van der Waals surface area contributed by atoms with Crippen molar-refractivity contribution >= 4 is 11.7 Å². The van der Waals surface area contributed by atoms with Gasteiger partial charge in [-0.25, -0.2) is 4.79 Å². The van der Waals surface area contributed by atoms with Crippen LogP contribution < -0.4 is 0 Å². The highest BCUT2D eigenvalue weighted by Crippen LogP contribution is 2.29. The van der Waals surface area contributed by atoms with E-state index in [1.54, 1.807) is 6.92 Å². The maximum atomic E-state index is 11.6. The summed E-state index contributed by atoms with van der Waals surface area (Å²) in [5.74, 6) is -0.735. The molecule has 0 saturated heterocycles. The summed E-state index contributed by atoms with van der Waals surface area (Å²) in [6.45, 7) is 1.26. The Morgan fingerprint density at radius 3 is 2.77 bits per heavy atom. The minimum atomic E-state index is -1.64. The second-order valence-electron chi connectivity index (χ2n) is 4.18. The van der Waals surface area contributed by atoms with E-state index in [-0.39, 0.29) is 17.7 Å². The Kier molecular flexibility index (Phi) is 6.26. The fourth-order valence-corrected chi connectivity index (χ4v) is 1.72.